The Balaban J connectivity index is 0.000000313. The summed E-state index contributed by atoms with van der Waals surface area (Å²) in [5.74, 6) is -4.84. The van der Waals surface area contributed by atoms with Crippen LogP contribution in [0.2, 0.25) is 30.1 Å². The number of hydrogen-bond acceptors (Lipinski definition) is 31. The summed E-state index contributed by atoms with van der Waals surface area (Å²) < 4.78 is 137. The zero-order valence-electron chi connectivity index (χ0n) is 75.9. The number of ketones is 2. The highest BCUT2D eigenvalue weighted by molar-refractivity contribution is 7.92. The largest absolute Gasteiger partial charge is 0.379 e. The summed E-state index contributed by atoms with van der Waals surface area (Å²) in [5.41, 5.74) is 14.8. The molecule has 5 aliphatic rings. The molecule has 0 radical (unpaired) electrons. The maximum Gasteiger partial charge on any atom is 0.358 e. The lowest BCUT2D eigenvalue weighted by atomic mass is 9.85. The molecule has 6 aromatic rings. The highest BCUT2D eigenvalue weighted by Crippen LogP contribution is 2.42. The van der Waals surface area contributed by atoms with E-state index < -0.39 is 78.3 Å². The number of hydroxylamine groups is 4. The molecular weight excluding hydrogens is 1950 g/mol. The number of benzene rings is 6. The summed E-state index contributed by atoms with van der Waals surface area (Å²) >= 11 is 38.4. The van der Waals surface area contributed by atoms with E-state index in [0.717, 1.165) is 89.3 Å². The molecule has 4 amide bonds. The van der Waals surface area contributed by atoms with E-state index in [1.807, 2.05) is 75.7 Å². The van der Waals surface area contributed by atoms with Gasteiger partial charge in [-0.3, -0.25) is 28.8 Å². The molecular formula is C94H122Cl6N6O27S3. The Hall–Kier alpha value is -7.13. The first-order chi connectivity index (χ1) is 64.7. The molecule has 2 N–H and O–H groups in total. The van der Waals surface area contributed by atoms with Crippen molar-refractivity contribution in [1.29, 1.82) is 0 Å². The fourth-order valence-electron chi connectivity index (χ4n) is 15.2. The maximum absolute atomic E-state index is 13.0. The third-order valence-corrected chi connectivity index (χ3v) is 29.0. The molecule has 136 heavy (non-hydrogen) atoms. The summed E-state index contributed by atoms with van der Waals surface area (Å²) in [7, 11) is -4.25. The van der Waals surface area contributed by atoms with E-state index in [2.05, 4.69) is 29.1 Å². The molecule has 750 valence electrons. The zero-order valence-corrected chi connectivity index (χ0v) is 82.8. The number of carbonyl (C=O) groups is 8. The quantitative estimate of drug-likeness (QED) is 0.0274. The van der Waals surface area contributed by atoms with E-state index in [-0.39, 0.29) is 129 Å². The van der Waals surface area contributed by atoms with Crippen LogP contribution >= 0.6 is 69.6 Å². The minimum absolute atomic E-state index is 0. The number of likely N-dealkylation sites (N-methyl/N-ethyl adjacent to an activating group) is 3. The predicted octanol–water partition coefficient (Wildman–Crippen LogP) is 11.9. The fraction of sp³-hybridized carbons (Fsp3) is 0.532. The highest BCUT2D eigenvalue weighted by Gasteiger charge is 2.37. The molecule has 3 unspecified atom stereocenters. The number of hydrogen-bond donors (Lipinski definition) is 1. The van der Waals surface area contributed by atoms with Crippen LogP contribution < -0.4 is 5.73 Å². The molecule has 0 aromatic heterocycles. The number of carbonyl (C=O) groups excluding carboxylic acids is 8. The smallest absolute Gasteiger partial charge is 0.358 e. The number of Topliss-reactive ketones (excluding diaryl/α,β-unsaturated/α-hetero) is 2. The second kappa shape index (κ2) is 58.9. The van der Waals surface area contributed by atoms with Crippen molar-refractivity contribution >= 4 is 146 Å². The van der Waals surface area contributed by atoms with Crippen molar-refractivity contribution in [3.63, 3.8) is 0 Å². The minimum Gasteiger partial charge on any atom is -0.379 e. The van der Waals surface area contributed by atoms with Crippen molar-refractivity contribution in [2.75, 3.05) is 210 Å². The van der Waals surface area contributed by atoms with Crippen LogP contribution in [0.1, 0.15) is 146 Å². The third-order valence-electron chi connectivity index (χ3n) is 21.9. The van der Waals surface area contributed by atoms with Gasteiger partial charge in [-0.05, 0) is 176 Å². The number of imide groups is 2. The summed E-state index contributed by atoms with van der Waals surface area (Å²) in [6.45, 7) is 10.1. The van der Waals surface area contributed by atoms with Gasteiger partial charge in [0.25, 0.3) is 23.6 Å². The molecule has 5 aliphatic heterocycles. The Labute approximate surface area is 825 Å². The van der Waals surface area contributed by atoms with Crippen molar-refractivity contribution in [3.8, 4) is 0 Å². The number of nitrogens with zero attached hydrogens (tertiary/aromatic N) is 5. The number of rotatable bonds is 56. The van der Waals surface area contributed by atoms with Gasteiger partial charge in [0.05, 0.1) is 118 Å². The fourth-order valence-corrected chi connectivity index (χ4v) is 20.7. The third kappa shape index (κ3) is 37.7. The summed E-state index contributed by atoms with van der Waals surface area (Å²) in [6.07, 6.45) is 2.53. The van der Waals surface area contributed by atoms with E-state index in [4.69, 9.17) is 123 Å². The molecule has 0 bridgehead atoms. The summed E-state index contributed by atoms with van der Waals surface area (Å²) in [4.78, 5) is 108. The predicted molar refractivity (Wildman–Crippen MR) is 511 cm³/mol. The number of amides is 4. The van der Waals surface area contributed by atoms with Crippen LogP contribution in [-0.4, -0.2) is 307 Å². The van der Waals surface area contributed by atoms with Gasteiger partial charge in [0, 0.05) is 165 Å². The average Bonchev–Trinajstić information content (AvgIpc) is 0.879. The molecule has 0 aliphatic carbocycles. The maximum atomic E-state index is 13.0. The van der Waals surface area contributed by atoms with E-state index >= 15 is 0 Å². The van der Waals surface area contributed by atoms with E-state index in [0.29, 0.717) is 190 Å². The van der Waals surface area contributed by atoms with Gasteiger partial charge in [0.15, 0.2) is 41.1 Å². The molecule has 5 heterocycles. The Morgan fingerprint density at radius 2 is 0.581 bits per heavy atom. The second-order valence-electron chi connectivity index (χ2n) is 32.5. The Bertz CT molecular complexity index is 5000. The van der Waals surface area contributed by atoms with Crippen LogP contribution in [0.3, 0.4) is 0 Å². The van der Waals surface area contributed by atoms with Crippen LogP contribution in [0.15, 0.2) is 124 Å². The normalized spacial score (nSPS) is 16.4. The second-order valence-corrected chi connectivity index (χ2v) is 41.4. The Morgan fingerprint density at radius 3 is 0.846 bits per heavy atom. The first kappa shape index (κ1) is 114. The van der Waals surface area contributed by atoms with Crippen molar-refractivity contribution in [1.82, 2.24) is 24.8 Å². The molecule has 0 saturated carbocycles. The van der Waals surface area contributed by atoms with Gasteiger partial charge in [-0.25, -0.2) is 34.8 Å². The average molecular weight is 2080 g/mol. The van der Waals surface area contributed by atoms with Crippen molar-refractivity contribution < 1.29 is 125 Å². The molecule has 11 rings (SSSR count). The van der Waals surface area contributed by atoms with Crippen LogP contribution in [-0.2, 0) is 149 Å². The lowest BCUT2D eigenvalue weighted by molar-refractivity contribution is -0.205. The van der Waals surface area contributed by atoms with Gasteiger partial charge in [-0.15, -0.1) is 10.1 Å². The van der Waals surface area contributed by atoms with Crippen molar-refractivity contribution in [3.05, 3.63) is 189 Å². The lowest BCUT2D eigenvalue weighted by Crippen LogP contribution is -2.35. The first-order valence-electron chi connectivity index (χ1n) is 44.4. The summed E-state index contributed by atoms with van der Waals surface area (Å²) in [6, 6.07) is 32.4. The van der Waals surface area contributed by atoms with Crippen LogP contribution in [0.25, 0.3) is 0 Å². The molecule has 6 aromatic carbocycles. The highest BCUT2D eigenvalue weighted by atomic mass is 35.5. The monoisotopic (exact) mass is 2070 g/mol. The topological polar surface area (TPSA) is 401 Å². The molecule has 42 heteroatoms. The standard InChI is InChI=1S/C56H72Cl4N2O13S2.C25H34Cl2N2O5S.C12H12N2O9.CH4/c1-61-35-51(49-31-43(57)33-55(59)53(49)37-61)41-9-13-47(14-10-41)76(65,66)29-5-19-71-23-27-73-25-21-69-17-3-7-45(63)39-75-40-46(64)8-4-18-70-22-26-74-28-24-72-20-6-30-77(67,68)48-15-11-42(12-16-48)52-36-62(2)38-54-50(52)32-44(58)34-56(54)60;1-29-17-23(22-15-20(26)16-25(27)24(22)18-29)19-3-5-21(6-4-19)35(30,31)14-2-8-32-10-12-34-13-11-33-9-7-28;15-7-1-2-8(16)13(7)22-11(19)5-21-6-12(20)23-14-9(17)3-4-10(14)18;/h9-16,31-34,51-52H,3-8,17-30,35-40H2,1-2H3;3-6,15-16,23H,2,7-14,17-18,28H2,1H3;1-6H2;1H4. The van der Waals surface area contributed by atoms with Crippen LogP contribution in [0.5, 0.6) is 0 Å². The van der Waals surface area contributed by atoms with Gasteiger partial charge in [-0.2, -0.15) is 0 Å². The van der Waals surface area contributed by atoms with Crippen molar-refractivity contribution in [2.24, 2.45) is 5.73 Å². The lowest BCUT2D eigenvalue weighted by Gasteiger charge is -2.33. The SMILES string of the molecule is C.CN1Cc2c(Cl)cc(Cl)cc2C(c2ccc(S(=O)(=O)CCCOCCOCCOCCCC(=O)COCC(=O)CCCOCCOCCOCCCS(=O)(=O)c3ccc(C4CN(C)Cc5c(Cl)cc(Cl)cc54)cc3)cc2)C1.CN1Cc2c(Cl)cc(Cl)cc2C(c2ccc(S(=O)(=O)CCCOCCOCCOCCN)cc2)C1.O=C(COCC(=O)ON1C(=O)CCC1=O)ON1C(=O)CCC1=O. The zero-order chi connectivity index (χ0) is 97.5. The van der Waals surface area contributed by atoms with E-state index in [1.54, 1.807) is 54.6 Å². The minimum atomic E-state index is -3.48. The molecule has 2 fully saturated rings. The number of halogens is 6. The van der Waals surface area contributed by atoms with E-state index in [9.17, 15) is 63.6 Å². The molecule has 33 nitrogen and oxygen atoms in total. The first-order valence-corrected chi connectivity index (χ1v) is 51.6. The Kier molecular flexibility index (Phi) is 49.5. The number of sulfone groups is 3. The van der Waals surface area contributed by atoms with Gasteiger partial charge in [0.2, 0.25) is 0 Å². The van der Waals surface area contributed by atoms with Gasteiger partial charge in [-0.1, -0.05) is 113 Å². The Morgan fingerprint density at radius 1 is 0.338 bits per heavy atom. The molecule has 2 saturated heterocycles. The van der Waals surface area contributed by atoms with Crippen LogP contribution in [0, 0.1) is 0 Å². The number of fused-ring (bicyclic) bond motifs is 3. The number of nitrogens with two attached hydrogens (primary N) is 1. The molecule has 0 spiro atoms. The number of ether oxygens (including phenoxy) is 11. The van der Waals surface area contributed by atoms with Crippen molar-refractivity contribution in [2.45, 2.75) is 130 Å². The summed E-state index contributed by atoms with van der Waals surface area (Å²) in [5, 5.41) is 4.37. The molecule has 3 atom stereocenters. The van der Waals surface area contributed by atoms with Gasteiger partial charge < -0.3 is 82.2 Å². The van der Waals surface area contributed by atoms with E-state index in [1.165, 1.54) is 0 Å². The van der Waals surface area contributed by atoms with Crippen LogP contribution in [0.4, 0.5) is 0 Å². The van der Waals surface area contributed by atoms with Gasteiger partial charge >= 0.3 is 11.9 Å². The van der Waals surface area contributed by atoms with Gasteiger partial charge in [0.1, 0.15) is 26.4 Å².